The maximum Gasteiger partial charge on any atom is 0.0462 e. The van der Waals surface area contributed by atoms with E-state index in [1.807, 2.05) is 6.08 Å². The van der Waals surface area contributed by atoms with Gasteiger partial charge in [-0.2, -0.15) is 0 Å². The fourth-order valence-electron chi connectivity index (χ4n) is 8.44. The Morgan fingerprint density at radius 2 is 0.774 bits per heavy atom. The molecule has 1 aliphatic carbocycles. The number of fused-ring (bicyclic) bond motifs is 4. The van der Waals surface area contributed by atoms with Crippen LogP contribution in [-0.4, -0.2) is 0 Å². The zero-order valence-electron chi connectivity index (χ0n) is 29.2. The Bertz CT molecular complexity index is 2710. The molecule has 0 bridgehead atoms. The second-order valence-corrected chi connectivity index (χ2v) is 13.7. The molecule has 0 unspecified atom stereocenters. The van der Waals surface area contributed by atoms with Crippen molar-refractivity contribution in [1.82, 2.24) is 0 Å². The standard InChI is InChI=1S/C52H35N/c1-2-35-25-29-40(30-26-35)53(39-19-10-5-11-20-39)41-31-27-36(28-32-41)42-33-34-47-50-43(42)23-14-24-46(50)51-48(37-15-6-3-7-16-37)44-21-12-13-22-45(44)49(52(47)51)38-17-8-4-9-18-38/h2-34H,1H2. The van der Waals surface area contributed by atoms with Gasteiger partial charge in [0, 0.05) is 17.1 Å². The highest BCUT2D eigenvalue weighted by molar-refractivity contribution is 6.28. The average molecular weight is 674 g/mol. The van der Waals surface area contributed by atoms with Crippen LogP contribution in [0.5, 0.6) is 0 Å². The van der Waals surface area contributed by atoms with Crippen molar-refractivity contribution in [2.75, 3.05) is 4.90 Å². The van der Waals surface area contributed by atoms with E-state index in [0.717, 1.165) is 22.6 Å². The summed E-state index contributed by atoms with van der Waals surface area (Å²) in [6, 6.07) is 70.5. The highest BCUT2D eigenvalue weighted by atomic mass is 15.1. The third kappa shape index (κ3) is 5.01. The summed E-state index contributed by atoms with van der Waals surface area (Å²) in [5.41, 5.74) is 17.2. The molecule has 0 atom stereocenters. The molecule has 10 rings (SSSR count). The van der Waals surface area contributed by atoms with Crippen LogP contribution in [0.4, 0.5) is 17.1 Å². The van der Waals surface area contributed by atoms with Gasteiger partial charge in [-0.1, -0.05) is 170 Å². The van der Waals surface area contributed by atoms with Crippen molar-refractivity contribution in [3.05, 3.63) is 206 Å². The molecule has 1 nitrogen and oxygen atoms in total. The van der Waals surface area contributed by atoms with E-state index in [2.05, 4.69) is 206 Å². The fraction of sp³-hybridized carbons (Fsp3) is 0. The summed E-state index contributed by atoms with van der Waals surface area (Å²) in [4.78, 5) is 2.31. The Labute approximate surface area is 310 Å². The lowest BCUT2D eigenvalue weighted by Gasteiger charge is -2.26. The molecule has 0 radical (unpaired) electrons. The Hall–Kier alpha value is -6.96. The first-order valence-electron chi connectivity index (χ1n) is 18.2. The molecule has 0 spiro atoms. The largest absolute Gasteiger partial charge is 0.311 e. The normalized spacial score (nSPS) is 11.5. The summed E-state index contributed by atoms with van der Waals surface area (Å²) in [5.74, 6) is 0. The summed E-state index contributed by atoms with van der Waals surface area (Å²) >= 11 is 0. The second kappa shape index (κ2) is 12.7. The number of rotatable bonds is 7. The van der Waals surface area contributed by atoms with Crippen molar-refractivity contribution in [2.45, 2.75) is 0 Å². The highest BCUT2D eigenvalue weighted by Crippen LogP contribution is 2.58. The monoisotopic (exact) mass is 673 g/mol. The number of hydrogen-bond acceptors (Lipinski definition) is 1. The Balaban J connectivity index is 1.17. The smallest absolute Gasteiger partial charge is 0.0462 e. The van der Waals surface area contributed by atoms with Crippen LogP contribution in [0, 0.1) is 0 Å². The molecule has 0 saturated carbocycles. The van der Waals surface area contributed by atoms with Gasteiger partial charge in [-0.15, -0.1) is 0 Å². The second-order valence-electron chi connectivity index (χ2n) is 13.7. The van der Waals surface area contributed by atoms with Crippen LogP contribution in [0.25, 0.3) is 83.3 Å². The maximum atomic E-state index is 3.94. The molecule has 9 aromatic rings. The molecule has 248 valence electrons. The van der Waals surface area contributed by atoms with Crippen LogP contribution in [0.1, 0.15) is 5.56 Å². The summed E-state index contributed by atoms with van der Waals surface area (Å²) < 4.78 is 0. The molecule has 9 aromatic carbocycles. The van der Waals surface area contributed by atoms with E-state index in [4.69, 9.17) is 0 Å². The number of para-hydroxylation sites is 1. The van der Waals surface area contributed by atoms with E-state index in [9.17, 15) is 0 Å². The van der Waals surface area contributed by atoms with Crippen molar-refractivity contribution in [3.8, 4) is 55.6 Å². The molecule has 0 aromatic heterocycles. The van der Waals surface area contributed by atoms with Crippen LogP contribution in [-0.2, 0) is 0 Å². The van der Waals surface area contributed by atoms with Gasteiger partial charge in [-0.05, 0) is 119 Å². The van der Waals surface area contributed by atoms with Gasteiger partial charge < -0.3 is 4.90 Å². The lowest BCUT2D eigenvalue weighted by molar-refractivity contribution is 1.28. The van der Waals surface area contributed by atoms with Crippen LogP contribution in [0.2, 0.25) is 0 Å². The molecule has 0 N–H and O–H groups in total. The van der Waals surface area contributed by atoms with Crippen LogP contribution in [0.3, 0.4) is 0 Å². The summed E-state index contributed by atoms with van der Waals surface area (Å²) in [6.07, 6.45) is 1.88. The van der Waals surface area contributed by atoms with Crippen molar-refractivity contribution in [3.63, 3.8) is 0 Å². The minimum Gasteiger partial charge on any atom is -0.311 e. The van der Waals surface area contributed by atoms with Crippen molar-refractivity contribution in [1.29, 1.82) is 0 Å². The average Bonchev–Trinajstić information content (AvgIpc) is 3.56. The summed E-state index contributed by atoms with van der Waals surface area (Å²) in [5, 5.41) is 5.14. The molecular formula is C52H35N. The summed E-state index contributed by atoms with van der Waals surface area (Å²) in [7, 11) is 0. The lowest BCUT2D eigenvalue weighted by Crippen LogP contribution is -2.09. The van der Waals surface area contributed by atoms with Gasteiger partial charge in [0.05, 0.1) is 0 Å². The number of nitrogens with zero attached hydrogens (tertiary/aromatic N) is 1. The highest BCUT2D eigenvalue weighted by Gasteiger charge is 2.31. The van der Waals surface area contributed by atoms with Crippen molar-refractivity contribution in [2.24, 2.45) is 0 Å². The van der Waals surface area contributed by atoms with Crippen LogP contribution >= 0.6 is 0 Å². The van der Waals surface area contributed by atoms with Gasteiger partial charge in [0.25, 0.3) is 0 Å². The van der Waals surface area contributed by atoms with Crippen molar-refractivity contribution >= 4 is 44.7 Å². The number of hydrogen-bond donors (Lipinski definition) is 0. The van der Waals surface area contributed by atoms with Gasteiger partial charge >= 0.3 is 0 Å². The molecule has 0 heterocycles. The molecule has 0 amide bonds. The Morgan fingerprint density at radius 3 is 1.34 bits per heavy atom. The van der Waals surface area contributed by atoms with Crippen LogP contribution < -0.4 is 4.90 Å². The minimum absolute atomic E-state index is 1.10. The van der Waals surface area contributed by atoms with E-state index in [-0.39, 0.29) is 0 Å². The van der Waals surface area contributed by atoms with E-state index in [1.165, 1.54) is 77.2 Å². The quantitative estimate of drug-likeness (QED) is 0.163. The van der Waals surface area contributed by atoms with Gasteiger partial charge in [0.1, 0.15) is 0 Å². The minimum atomic E-state index is 1.10. The van der Waals surface area contributed by atoms with Crippen molar-refractivity contribution < 1.29 is 0 Å². The van der Waals surface area contributed by atoms with Gasteiger partial charge in [0.2, 0.25) is 0 Å². The first-order valence-corrected chi connectivity index (χ1v) is 18.2. The van der Waals surface area contributed by atoms with Gasteiger partial charge in [0.15, 0.2) is 0 Å². The zero-order valence-corrected chi connectivity index (χ0v) is 29.2. The van der Waals surface area contributed by atoms with E-state index in [1.54, 1.807) is 0 Å². The van der Waals surface area contributed by atoms with Gasteiger partial charge in [-0.25, -0.2) is 0 Å². The molecule has 0 aliphatic heterocycles. The fourth-order valence-corrected chi connectivity index (χ4v) is 8.44. The maximum absolute atomic E-state index is 3.94. The molecule has 0 fully saturated rings. The Morgan fingerprint density at radius 1 is 0.321 bits per heavy atom. The predicted octanol–water partition coefficient (Wildman–Crippen LogP) is 14.8. The SMILES string of the molecule is C=Cc1ccc(N(c2ccccc2)c2ccc(-c3ccc4c5c(cccc35)-c3c-4c(-c4ccccc4)c4ccccc4c3-c3ccccc3)cc2)cc1. The molecule has 53 heavy (non-hydrogen) atoms. The molecular weight excluding hydrogens is 639 g/mol. The first kappa shape index (κ1) is 30.8. The number of anilines is 3. The Kier molecular flexibility index (Phi) is 7.37. The lowest BCUT2D eigenvalue weighted by atomic mass is 9.82. The third-order valence-electron chi connectivity index (χ3n) is 10.8. The van der Waals surface area contributed by atoms with E-state index < -0.39 is 0 Å². The number of benzene rings is 9. The van der Waals surface area contributed by atoms with Crippen LogP contribution in [0.15, 0.2) is 201 Å². The first-order chi connectivity index (χ1) is 26.3. The topological polar surface area (TPSA) is 3.24 Å². The molecule has 1 aliphatic rings. The summed E-state index contributed by atoms with van der Waals surface area (Å²) in [6.45, 7) is 3.94. The molecule has 0 saturated heterocycles. The van der Waals surface area contributed by atoms with E-state index in [0.29, 0.717) is 0 Å². The van der Waals surface area contributed by atoms with E-state index >= 15 is 0 Å². The third-order valence-corrected chi connectivity index (χ3v) is 10.8. The zero-order chi connectivity index (χ0) is 35.3. The van der Waals surface area contributed by atoms with Gasteiger partial charge in [-0.3, -0.25) is 0 Å². The predicted molar refractivity (Wildman–Crippen MR) is 227 cm³/mol. The molecule has 1 heteroatoms.